The van der Waals surface area contributed by atoms with E-state index in [-0.39, 0.29) is 18.0 Å². The Morgan fingerprint density at radius 2 is 1.91 bits per heavy atom. The van der Waals surface area contributed by atoms with E-state index < -0.39 is 0 Å². The molecular formula is C8H18N2O. The van der Waals surface area contributed by atoms with Crippen molar-refractivity contribution in [1.82, 2.24) is 4.90 Å². The summed E-state index contributed by atoms with van der Waals surface area (Å²) in [6.07, 6.45) is 0. The van der Waals surface area contributed by atoms with Crippen molar-refractivity contribution < 1.29 is 4.79 Å². The predicted molar refractivity (Wildman–Crippen MR) is 46.2 cm³/mol. The normalized spacial score (nSPS) is 11.4. The molecule has 0 saturated carbocycles. The summed E-state index contributed by atoms with van der Waals surface area (Å²) < 4.78 is 0. The van der Waals surface area contributed by atoms with E-state index in [4.69, 9.17) is 5.73 Å². The van der Waals surface area contributed by atoms with Crippen LogP contribution in [0.1, 0.15) is 27.7 Å². The van der Waals surface area contributed by atoms with Gasteiger partial charge in [0.25, 0.3) is 0 Å². The molecule has 0 aliphatic heterocycles. The number of hydrogen-bond acceptors (Lipinski definition) is 2. The van der Waals surface area contributed by atoms with Crippen LogP contribution in [0.4, 0.5) is 0 Å². The summed E-state index contributed by atoms with van der Waals surface area (Å²) in [4.78, 5) is 13.0. The second-order valence-electron chi connectivity index (χ2n) is 3.51. The molecule has 3 nitrogen and oxygen atoms in total. The number of carbonyl (C=O) groups is 1. The molecule has 1 amide bonds. The Kier molecular flexibility index (Phi) is 3.52. The highest BCUT2D eigenvalue weighted by molar-refractivity contribution is 5.78. The van der Waals surface area contributed by atoms with E-state index in [2.05, 4.69) is 0 Å². The summed E-state index contributed by atoms with van der Waals surface area (Å²) in [5.74, 6) is 0.0139. The van der Waals surface area contributed by atoms with Crippen LogP contribution >= 0.6 is 0 Å². The SMILES string of the molecule is CCN(C(=O)CN)C(C)(C)C. The van der Waals surface area contributed by atoms with Crippen molar-refractivity contribution >= 4 is 5.91 Å². The summed E-state index contributed by atoms with van der Waals surface area (Å²) in [6, 6.07) is 0. The van der Waals surface area contributed by atoms with Gasteiger partial charge in [0.2, 0.25) is 5.91 Å². The first-order chi connectivity index (χ1) is 4.93. The summed E-state index contributed by atoms with van der Waals surface area (Å²) in [7, 11) is 0. The van der Waals surface area contributed by atoms with Gasteiger partial charge in [0, 0.05) is 12.1 Å². The molecule has 0 atom stereocenters. The third-order valence-corrected chi connectivity index (χ3v) is 1.60. The number of rotatable bonds is 2. The molecule has 0 heterocycles. The Balaban J connectivity index is 4.29. The van der Waals surface area contributed by atoms with Crippen LogP contribution in [0.25, 0.3) is 0 Å². The number of nitrogens with zero attached hydrogens (tertiary/aromatic N) is 1. The Bertz CT molecular complexity index is 138. The fraction of sp³-hybridized carbons (Fsp3) is 0.875. The van der Waals surface area contributed by atoms with Crippen molar-refractivity contribution in [1.29, 1.82) is 0 Å². The Labute approximate surface area is 68.6 Å². The van der Waals surface area contributed by atoms with Crippen LogP contribution in [0.15, 0.2) is 0 Å². The van der Waals surface area contributed by atoms with Crippen LogP contribution < -0.4 is 5.73 Å². The van der Waals surface area contributed by atoms with Crippen LogP contribution in [0.2, 0.25) is 0 Å². The predicted octanol–water partition coefficient (Wildman–Crippen LogP) is 0.592. The largest absolute Gasteiger partial charge is 0.337 e. The Morgan fingerprint density at radius 1 is 1.45 bits per heavy atom. The highest BCUT2D eigenvalue weighted by Gasteiger charge is 2.23. The molecule has 0 bridgehead atoms. The molecule has 2 N–H and O–H groups in total. The van der Waals surface area contributed by atoms with Gasteiger partial charge in [0.1, 0.15) is 0 Å². The molecule has 0 aliphatic rings. The Hall–Kier alpha value is -0.570. The van der Waals surface area contributed by atoms with E-state index in [9.17, 15) is 4.79 Å². The molecule has 0 aliphatic carbocycles. The smallest absolute Gasteiger partial charge is 0.236 e. The first-order valence-electron chi connectivity index (χ1n) is 3.94. The first-order valence-corrected chi connectivity index (χ1v) is 3.94. The average molecular weight is 158 g/mol. The summed E-state index contributed by atoms with van der Waals surface area (Å²) in [5.41, 5.74) is 5.15. The third kappa shape index (κ3) is 2.89. The van der Waals surface area contributed by atoms with Crippen LogP contribution in [0.3, 0.4) is 0 Å². The number of hydrogen-bond donors (Lipinski definition) is 1. The maximum atomic E-state index is 11.2. The van der Waals surface area contributed by atoms with E-state index in [1.54, 1.807) is 4.90 Å². The van der Waals surface area contributed by atoms with Crippen LogP contribution in [0.5, 0.6) is 0 Å². The lowest BCUT2D eigenvalue weighted by molar-refractivity contribution is -0.134. The number of likely N-dealkylation sites (N-methyl/N-ethyl adjacent to an activating group) is 1. The molecule has 0 rings (SSSR count). The Morgan fingerprint density at radius 3 is 2.00 bits per heavy atom. The fourth-order valence-electron chi connectivity index (χ4n) is 1.13. The van der Waals surface area contributed by atoms with Crippen molar-refractivity contribution in [2.75, 3.05) is 13.1 Å². The second kappa shape index (κ2) is 3.72. The molecule has 0 fully saturated rings. The minimum absolute atomic E-state index is 0.0139. The maximum absolute atomic E-state index is 11.2. The van der Waals surface area contributed by atoms with Gasteiger partial charge in [-0.05, 0) is 27.7 Å². The lowest BCUT2D eigenvalue weighted by Gasteiger charge is -2.34. The van der Waals surface area contributed by atoms with Crippen molar-refractivity contribution in [2.24, 2.45) is 5.73 Å². The molecule has 0 aromatic carbocycles. The van der Waals surface area contributed by atoms with E-state index in [0.29, 0.717) is 0 Å². The van der Waals surface area contributed by atoms with E-state index >= 15 is 0 Å². The van der Waals surface area contributed by atoms with Gasteiger partial charge in [0.05, 0.1) is 6.54 Å². The van der Waals surface area contributed by atoms with Gasteiger partial charge >= 0.3 is 0 Å². The number of carbonyl (C=O) groups excluding carboxylic acids is 1. The molecule has 0 saturated heterocycles. The van der Waals surface area contributed by atoms with Crippen LogP contribution in [-0.2, 0) is 4.79 Å². The van der Waals surface area contributed by atoms with Gasteiger partial charge < -0.3 is 10.6 Å². The van der Waals surface area contributed by atoms with E-state index in [1.807, 2.05) is 27.7 Å². The molecule has 0 aromatic rings. The van der Waals surface area contributed by atoms with E-state index in [1.165, 1.54) is 0 Å². The van der Waals surface area contributed by atoms with Crippen LogP contribution in [-0.4, -0.2) is 29.4 Å². The van der Waals surface area contributed by atoms with Crippen LogP contribution in [0, 0.1) is 0 Å². The van der Waals surface area contributed by atoms with Crippen molar-refractivity contribution in [3.8, 4) is 0 Å². The quantitative estimate of drug-likeness (QED) is 0.639. The van der Waals surface area contributed by atoms with Crippen molar-refractivity contribution in [3.05, 3.63) is 0 Å². The molecule has 0 aromatic heterocycles. The topological polar surface area (TPSA) is 46.3 Å². The van der Waals surface area contributed by atoms with Gasteiger partial charge in [-0.15, -0.1) is 0 Å². The molecule has 0 unspecified atom stereocenters. The van der Waals surface area contributed by atoms with Gasteiger partial charge in [-0.25, -0.2) is 0 Å². The summed E-state index contributed by atoms with van der Waals surface area (Å²) in [6.45, 7) is 8.79. The van der Waals surface area contributed by atoms with Crippen molar-refractivity contribution in [2.45, 2.75) is 33.2 Å². The average Bonchev–Trinajstić information content (AvgIpc) is 1.86. The maximum Gasteiger partial charge on any atom is 0.236 e. The highest BCUT2D eigenvalue weighted by Crippen LogP contribution is 2.11. The number of nitrogens with two attached hydrogens (primary N) is 1. The minimum Gasteiger partial charge on any atom is -0.337 e. The van der Waals surface area contributed by atoms with Gasteiger partial charge in [-0.3, -0.25) is 4.79 Å². The van der Waals surface area contributed by atoms with Gasteiger partial charge in [0.15, 0.2) is 0 Å². The van der Waals surface area contributed by atoms with Gasteiger partial charge in [-0.2, -0.15) is 0 Å². The molecule has 0 spiro atoms. The zero-order chi connectivity index (χ0) is 9.07. The molecule has 3 heteroatoms. The standard InChI is InChI=1S/C8H18N2O/c1-5-10(7(11)6-9)8(2,3)4/h5-6,9H2,1-4H3. The van der Waals surface area contributed by atoms with E-state index in [0.717, 1.165) is 6.54 Å². The highest BCUT2D eigenvalue weighted by atomic mass is 16.2. The summed E-state index contributed by atoms with van der Waals surface area (Å²) in [5, 5.41) is 0. The minimum atomic E-state index is -0.106. The zero-order valence-corrected chi connectivity index (χ0v) is 7.85. The van der Waals surface area contributed by atoms with Gasteiger partial charge in [-0.1, -0.05) is 0 Å². The summed E-state index contributed by atoms with van der Waals surface area (Å²) >= 11 is 0. The molecule has 0 radical (unpaired) electrons. The lowest BCUT2D eigenvalue weighted by Crippen LogP contribution is -2.47. The number of amides is 1. The first kappa shape index (κ1) is 10.4. The second-order valence-corrected chi connectivity index (χ2v) is 3.51. The monoisotopic (exact) mass is 158 g/mol. The zero-order valence-electron chi connectivity index (χ0n) is 7.85. The third-order valence-electron chi connectivity index (χ3n) is 1.60. The molecule has 66 valence electrons. The molecular weight excluding hydrogens is 140 g/mol. The van der Waals surface area contributed by atoms with Crippen molar-refractivity contribution in [3.63, 3.8) is 0 Å². The lowest BCUT2D eigenvalue weighted by atomic mass is 10.1. The fourth-order valence-corrected chi connectivity index (χ4v) is 1.13. The molecule has 11 heavy (non-hydrogen) atoms.